The highest BCUT2D eigenvalue weighted by molar-refractivity contribution is 5.75. The van der Waals surface area contributed by atoms with Crippen molar-refractivity contribution in [1.82, 2.24) is 14.5 Å². The van der Waals surface area contributed by atoms with Gasteiger partial charge in [0.25, 0.3) is 5.56 Å². The fraction of sp³-hybridized carbons (Fsp3) is 0.467. The molecule has 2 aromatic rings. The topological polar surface area (TPSA) is 64.2 Å². The van der Waals surface area contributed by atoms with Crippen molar-refractivity contribution in [3.63, 3.8) is 0 Å². The highest BCUT2D eigenvalue weighted by atomic mass is 19.2. The number of piperidine rings is 1. The minimum Gasteiger partial charge on any atom is -0.328 e. The van der Waals surface area contributed by atoms with Crippen molar-refractivity contribution >= 4 is 11.0 Å². The fourth-order valence-corrected chi connectivity index (χ4v) is 2.84. The van der Waals surface area contributed by atoms with Gasteiger partial charge in [-0.15, -0.1) is 0 Å². The standard InChI is InChI=1S/C15H18F2N4O/c16-11-1-2-12-15(14(11)17)21(13(22)9-19-12)8-7-20-5-3-10(18)4-6-20/h1-2,9-10H,3-8,18H2. The summed E-state index contributed by atoms with van der Waals surface area (Å²) in [5.41, 5.74) is 5.64. The van der Waals surface area contributed by atoms with E-state index in [4.69, 9.17) is 5.73 Å². The average molecular weight is 308 g/mol. The normalized spacial score (nSPS) is 17.2. The van der Waals surface area contributed by atoms with E-state index in [0.29, 0.717) is 13.1 Å². The lowest BCUT2D eigenvalue weighted by Crippen LogP contribution is -2.41. The molecule has 1 aromatic carbocycles. The fourth-order valence-electron chi connectivity index (χ4n) is 2.84. The van der Waals surface area contributed by atoms with Gasteiger partial charge in [-0.05, 0) is 38.1 Å². The zero-order chi connectivity index (χ0) is 15.7. The maximum absolute atomic E-state index is 14.1. The lowest BCUT2D eigenvalue weighted by molar-refractivity contribution is 0.206. The second-order valence-corrected chi connectivity index (χ2v) is 5.66. The summed E-state index contributed by atoms with van der Waals surface area (Å²) >= 11 is 0. The number of likely N-dealkylation sites (tertiary alicyclic amines) is 1. The van der Waals surface area contributed by atoms with Crippen LogP contribution in [0.5, 0.6) is 0 Å². The molecule has 0 atom stereocenters. The number of nitrogens with zero attached hydrogens (tertiary/aromatic N) is 3. The van der Waals surface area contributed by atoms with Crippen LogP contribution in [0.4, 0.5) is 8.78 Å². The Morgan fingerprint density at radius 3 is 2.68 bits per heavy atom. The Morgan fingerprint density at radius 1 is 1.23 bits per heavy atom. The van der Waals surface area contributed by atoms with Crippen LogP contribution in [0.15, 0.2) is 23.1 Å². The summed E-state index contributed by atoms with van der Waals surface area (Å²) in [6.45, 7) is 2.61. The van der Waals surface area contributed by atoms with Crippen LogP contribution in [0.25, 0.3) is 11.0 Å². The Hall–Kier alpha value is -1.86. The molecule has 2 N–H and O–H groups in total. The summed E-state index contributed by atoms with van der Waals surface area (Å²) in [7, 11) is 0. The van der Waals surface area contributed by atoms with Gasteiger partial charge in [-0.3, -0.25) is 4.79 Å². The molecule has 0 aliphatic carbocycles. The highest BCUT2D eigenvalue weighted by Crippen LogP contribution is 2.17. The van der Waals surface area contributed by atoms with Crippen molar-refractivity contribution in [2.45, 2.75) is 25.4 Å². The van der Waals surface area contributed by atoms with Crippen molar-refractivity contribution < 1.29 is 8.78 Å². The number of aromatic nitrogens is 2. The Labute approximate surface area is 126 Å². The van der Waals surface area contributed by atoms with Gasteiger partial charge in [0.1, 0.15) is 5.52 Å². The van der Waals surface area contributed by atoms with Crippen LogP contribution < -0.4 is 11.3 Å². The number of benzene rings is 1. The van der Waals surface area contributed by atoms with E-state index in [-0.39, 0.29) is 17.1 Å². The molecule has 0 unspecified atom stereocenters. The Kier molecular flexibility index (Phi) is 4.17. The van der Waals surface area contributed by atoms with E-state index >= 15 is 0 Å². The molecule has 0 radical (unpaired) electrons. The zero-order valence-corrected chi connectivity index (χ0v) is 12.1. The van der Waals surface area contributed by atoms with E-state index < -0.39 is 17.2 Å². The first-order valence-electron chi connectivity index (χ1n) is 7.38. The molecule has 1 aromatic heterocycles. The first kappa shape index (κ1) is 15.1. The molecule has 5 nitrogen and oxygen atoms in total. The van der Waals surface area contributed by atoms with Gasteiger partial charge < -0.3 is 15.2 Å². The second-order valence-electron chi connectivity index (χ2n) is 5.66. The third-order valence-corrected chi connectivity index (χ3v) is 4.17. The van der Waals surface area contributed by atoms with Gasteiger partial charge >= 0.3 is 0 Å². The number of nitrogens with two attached hydrogens (primary N) is 1. The summed E-state index contributed by atoms with van der Waals surface area (Å²) in [6.07, 6.45) is 2.97. The zero-order valence-electron chi connectivity index (χ0n) is 12.1. The summed E-state index contributed by atoms with van der Waals surface area (Å²) in [5, 5.41) is 0. The van der Waals surface area contributed by atoms with Crippen LogP contribution in [0.3, 0.4) is 0 Å². The minimum atomic E-state index is -1.02. The maximum atomic E-state index is 14.1. The van der Waals surface area contributed by atoms with Crippen LogP contribution >= 0.6 is 0 Å². The molecule has 0 amide bonds. The summed E-state index contributed by atoms with van der Waals surface area (Å²) in [6, 6.07) is 2.63. The molecule has 1 aliphatic heterocycles. The quantitative estimate of drug-likeness (QED) is 0.922. The summed E-state index contributed by atoms with van der Waals surface area (Å²) < 4.78 is 28.8. The average Bonchev–Trinajstić information content (AvgIpc) is 2.52. The van der Waals surface area contributed by atoms with Gasteiger partial charge in [-0.1, -0.05) is 0 Å². The smallest absolute Gasteiger partial charge is 0.269 e. The van der Waals surface area contributed by atoms with Crippen molar-refractivity contribution in [1.29, 1.82) is 0 Å². The van der Waals surface area contributed by atoms with Crippen LogP contribution in [0, 0.1) is 11.6 Å². The number of hydrogen-bond donors (Lipinski definition) is 1. The highest BCUT2D eigenvalue weighted by Gasteiger charge is 2.17. The molecular formula is C15H18F2N4O. The largest absolute Gasteiger partial charge is 0.328 e. The molecule has 0 spiro atoms. The third kappa shape index (κ3) is 2.86. The SMILES string of the molecule is NC1CCN(CCn2c(=O)cnc3ccc(F)c(F)c32)CC1. The van der Waals surface area contributed by atoms with Gasteiger partial charge in [0.05, 0.1) is 11.7 Å². The number of halogens is 2. The molecule has 7 heteroatoms. The van der Waals surface area contributed by atoms with E-state index in [1.54, 1.807) is 0 Å². The minimum absolute atomic E-state index is 0.0683. The molecule has 3 rings (SSSR count). The third-order valence-electron chi connectivity index (χ3n) is 4.17. The van der Waals surface area contributed by atoms with Crippen LogP contribution in [0.1, 0.15) is 12.8 Å². The monoisotopic (exact) mass is 308 g/mol. The van der Waals surface area contributed by atoms with E-state index in [1.807, 2.05) is 0 Å². The van der Waals surface area contributed by atoms with Crippen molar-refractivity contribution in [2.24, 2.45) is 5.73 Å². The Morgan fingerprint density at radius 2 is 1.95 bits per heavy atom. The lowest BCUT2D eigenvalue weighted by atomic mass is 10.1. The van der Waals surface area contributed by atoms with Gasteiger partial charge in [-0.2, -0.15) is 0 Å². The van der Waals surface area contributed by atoms with E-state index in [1.165, 1.54) is 10.6 Å². The van der Waals surface area contributed by atoms with E-state index in [2.05, 4.69) is 9.88 Å². The van der Waals surface area contributed by atoms with E-state index in [9.17, 15) is 13.6 Å². The molecule has 22 heavy (non-hydrogen) atoms. The van der Waals surface area contributed by atoms with E-state index in [0.717, 1.165) is 38.2 Å². The van der Waals surface area contributed by atoms with Crippen LogP contribution in [0.2, 0.25) is 0 Å². The molecule has 1 saturated heterocycles. The Bertz CT molecular complexity index is 738. The van der Waals surface area contributed by atoms with Gasteiger partial charge in [0.2, 0.25) is 0 Å². The molecular weight excluding hydrogens is 290 g/mol. The number of hydrogen-bond acceptors (Lipinski definition) is 4. The number of rotatable bonds is 3. The van der Waals surface area contributed by atoms with Crippen molar-refractivity contribution in [2.75, 3.05) is 19.6 Å². The summed E-state index contributed by atoms with van der Waals surface area (Å²) in [5.74, 6) is -2.00. The summed E-state index contributed by atoms with van der Waals surface area (Å²) in [4.78, 5) is 18.1. The number of fused-ring (bicyclic) bond motifs is 1. The predicted octanol–water partition coefficient (Wildman–Crippen LogP) is 1.10. The van der Waals surface area contributed by atoms with Gasteiger partial charge in [0.15, 0.2) is 11.6 Å². The van der Waals surface area contributed by atoms with Crippen LogP contribution in [-0.4, -0.2) is 40.1 Å². The predicted molar refractivity (Wildman–Crippen MR) is 79.6 cm³/mol. The van der Waals surface area contributed by atoms with Crippen LogP contribution in [-0.2, 0) is 6.54 Å². The molecule has 118 valence electrons. The molecule has 0 bridgehead atoms. The first-order valence-corrected chi connectivity index (χ1v) is 7.38. The molecule has 2 heterocycles. The first-order chi connectivity index (χ1) is 10.6. The van der Waals surface area contributed by atoms with Crippen molar-refractivity contribution in [3.8, 4) is 0 Å². The van der Waals surface area contributed by atoms with Gasteiger partial charge in [-0.25, -0.2) is 13.8 Å². The molecule has 1 aliphatic rings. The maximum Gasteiger partial charge on any atom is 0.269 e. The van der Waals surface area contributed by atoms with Crippen molar-refractivity contribution in [3.05, 3.63) is 40.3 Å². The molecule has 1 fully saturated rings. The Balaban J connectivity index is 1.88. The lowest BCUT2D eigenvalue weighted by Gasteiger charge is -2.30. The van der Waals surface area contributed by atoms with Gasteiger partial charge in [0, 0.05) is 19.1 Å². The molecule has 0 saturated carbocycles. The second kappa shape index (κ2) is 6.10.